The Labute approximate surface area is 172 Å². The fourth-order valence-electron chi connectivity index (χ4n) is 3.53. The van der Waals surface area contributed by atoms with Gasteiger partial charge in [0.1, 0.15) is 5.82 Å². The predicted octanol–water partition coefficient (Wildman–Crippen LogP) is 4.60. The number of halogens is 1. The van der Waals surface area contributed by atoms with Crippen LogP contribution in [0.3, 0.4) is 0 Å². The van der Waals surface area contributed by atoms with Crippen molar-refractivity contribution < 1.29 is 9.18 Å². The van der Waals surface area contributed by atoms with Gasteiger partial charge in [0, 0.05) is 37.5 Å². The van der Waals surface area contributed by atoms with Crippen LogP contribution >= 0.6 is 22.7 Å². The fraction of sp³-hybridized carbons (Fsp3) is 0.333. The van der Waals surface area contributed by atoms with Crippen molar-refractivity contribution >= 4 is 34.3 Å². The van der Waals surface area contributed by atoms with Crippen LogP contribution in [-0.2, 0) is 11.2 Å². The van der Waals surface area contributed by atoms with E-state index in [1.54, 1.807) is 34.8 Å². The maximum Gasteiger partial charge on any atom is 0.223 e. The minimum Gasteiger partial charge on any atom is -0.366 e. The summed E-state index contributed by atoms with van der Waals surface area (Å²) in [6.07, 6.45) is 1.20. The molecule has 146 valence electrons. The third-order valence-corrected chi connectivity index (χ3v) is 6.86. The number of anilines is 1. The number of hydrogen-bond acceptors (Lipinski definition) is 5. The maximum atomic E-state index is 14.0. The molecule has 4 rings (SSSR count). The van der Waals surface area contributed by atoms with Crippen molar-refractivity contribution in [2.24, 2.45) is 0 Å². The van der Waals surface area contributed by atoms with Crippen molar-refractivity contribution in [1.29, 1.82) is 0 Å². The van der Waals surface area contributed by atoms with Gasteiger partial charge >= 0.3 is 0 Å². The van der Waals surface area contributed by atoms with Gasteiger partial charge < -0.3 is 9.80 Å². The lowest BCUT2D eigenvalue weighted by molar-refractivity contribution is -0.131. The van der Waals surface area contributed by atoms with Gasteiger partial charge in [-0.3, -0.25) is 4.79 Å². The largest absolute Gasteiger partial charge is 0.366 e. The van der Waals surface area contributed by atoms with Crippen LogP contribution in [-0.4, -0.2) is 42.0 Å². The van der Waals surface area contributed by atoms with E-state index in [4.69, 9.17) is 0 Å². The number of hydrogen-bond donors (Lipinski definition) is 0. The van der Waals surface area contributed by atoms with Gasteiger partial charge in [-0.1, -0.05) is 18.2 Å². The Balaban J connectivity index is 1.34. The third-order valence-electron chi connectivity index (χ3n) is 4.95. The number of thiophene rings is 1. The van der Waals surface area contributed by atoms with Crippen LogP contribution in [0.1, 0.15) is 16.3 Å². The summed E-state index contributed by atoms with van der Waals surface area (Å²) in [4.78, 5) is 23.6. The van der Waals surface area contributed by atoms with Crippen molar-refractivity contribution in [1.82, 2.24) is 9.88 Å². The number of carbonyl (C=O) groups is 1. The smallest absolute Gasteiger partial charge is 0.223 e. The fourth-order valence-corrected chi connectivity index (χ4v) is 5.28. The summed E-state index contributed by atoms with van der Waals surface area (Å²) in [6, 6.07) is 10.9. The predicted molar refractivity (Wildman–Crippen MR) is 114 cm³/mol. The van der Waals surface area contributed by atoms with Gasteiger partial charge in [0.25, 0.3) is 0 Å². The summed E-state index contributed by atoms with van der Waals surface area (Å²) in [7, 11) is 0. The lowest BCUT2D eigenvalue weighted by Gasteiger charge is -2.36. The molecule has 0 atom stereocenters. The van der Waals surface area contributed by atoms with Crippen molar-refractivity contribution in [2.45, 2.75) is 19.8 Å². The molecular formula is C21H22FN3OS2. The van der Waals surface area contributed by atoms with E-state index >= 15 is 0 Å². The highest BCUT2D eigenvalue weighted by atomic mass is 32.1. The molecule has 1 saturated heterocycles. The Morgan fingerprint density at radius 1 is 1.14 bits per heavy atom. The summed E-state index contributed by atoms with van der Waals surface area (Å²) in [5.41, 5.74) is 1.64. The van der Waals surface area contributed by atoms with Crippen LogP contribution in [0.15, 0.2) is 41.8 Å². The Hall–Kier alpha value is -2.25. The Morgan fingerprint density at radius 3 is 2.64 bits per heavy atom. The quantitative estimate of drug-likeness (QED) is 0.611. The molecule has 1 aliphatic rings. The zero-order valence-corrected chi connectivity index (χ0v) is 17.4. The molecule has 1 aliphatic heterocycles. The maximum absolute atomic E-state index is 14.0. The second kappa shape index (κ2) is 8.41. The molecule has 0 bridgehead atoms. The summed E-state index contributed by atoms with van der Waals surface area (Å²) in [5.74, 6) is -0.0414. The molecule has 7 heteroatoms. The Morgan fingerprint density at radius 2 is 1.93 bits per heavy atom. The second-order valence-electron chi connectivity index (χ2n) is 6.80. The Kier molecular flexibility index (Phi) is 5.73. The van der Waals surface area contributed by atoms with E-state index in [9.17, 15) is 9.18 Å². The highest BCUT2D eigenvalue weighted by molar-refractivity contribution is 7.15. The van der Waals surface area contributed by atoms with E-state index in [1.807, 2.05) is 34.2 Å². The topological polar surface area (TPSA) is 36.4 Å². The van der Waals surface area contributed by atoms with Crippen molar-refractivity contribution in [3.05, 3.63) is 57.5 Å². The molecule has 1 aromatic carbocycles. The van der Waals surface area contributed by atoms with Gasteiger partial charge in [-0.15, -0.1) is 22.7 Å². The molecule has 3 heterocycles. The molecule has 4 nitrogen and oxygen atoms in total. The van der Waals surface area contributed by atoms with Crippen LogP contribution in [0.25, 0.3) is 10.6 Å². The summed E-state index contributed by atoms with van der Waals surface area (Å²) in [6.45, 7) is 4.59. The molecule has 0 radical (unpaired) electrons. The van der Waals surface area contributed by atoms with Crippen LogP contribution in [0.4, 0.5) is 10.1 Å². The molecule has 0 aliphatic carbocycles. The highest BCUT2D eigenvalue weighted by Gasteiger charge is 2.23. The van der Waals surface area contributed by atoms with Gasteiger partial charge in [0.05, 0.1) is 21.3 Å². The van der Waals surface area contributed by atoms with Crippen LogP contribution in [0, 0.1) is 12.7 Å². The number of piperazine rings is 1. The summed E-state index contributed by atoms with van der Waals surface area (Å²) < 4.78 is 14.0. The average Bonchev–Trinajstić information content (AvgIpc) is 3.36. The number of aromatic nitrogens is 1. The lowest BCUT2D eigenvalue weighted by Crippen LogP contribution is -2.49. The minimum atomic E-state index is -0.205. The van der Waals surface area contributed by atoms with Gasteiger partial charge in [0.15, 0.2) is 0 Å². The van der Waals surface area contributed by atoms with Crippen LogP contribution in [0.2, 0.25) is 0 Å². The number of thiazole rings is 1. The first-order valence-corrected chi connectivity index (χ1v) is 11.1. The highest BCUT2D eigenvalue weighted by Crippen LogP contribution is 2.32. The zero-order valence-electron chi connectivity index (χ0n) is 15.7. The standard InChI is InChI=1S/C21H22FN3OS2/c1-15-23-21(18-7-4-14-27-18)19(28-15)8-9-20(26)25-12-10-24(11-13-25)17-6-3-2-5-16(17)22/h2-7,14H,8-13H2,1H3. The monoisotopic (exact) mass is 415 g/mol. The number of para-hydroxylation sites is 1. The molecule has 2 aromatic heterocycles. The normalized spacial score (nSPS) is 14.5. The first kappa shape index (κ1) is 19.1. The van der Waals surface area contributed by atoms with Crippen molar-refractivity contribution in [2.75, 3.05) is 31.1 Å². The number of amides is 1. The second-order valence-corrected chi connectivity index (χ2v) is 9.04. The SMILES string of the molecule is Cc1nc(-c2cccs2)c(CCC(=O)N2CCN(c3ccccc3F)CC2)s1. The van der Waals surface area contributed by atoms with Gasteiger partial charge in [-0.05, 0) is 36.9 Å². The molecule has 0 spiro atoms. The van der Waals surface area contributed by atoms with E-state index in [0.717, 1.165) is 15.6 Å². The van der Waals surface area contributed by atoms with E-state index < -0.39 is 0 Å². The molecule has 3 aromatic rings. The van der Waals surface area contributed by atoms with E-state index in [1.165, 1.54) is 10.9 Å². The van der Waals surface area contributed by atoms with E-state index in [-0.39, 0.29) is 11.7 Å². The van der Waals surface area contributed by atoms with E-state index in [2.05, 4.69) is 11.1 Å². The molecule has 0 saturated carbocycles. The van der Waals surface area contributed by atoms with Gasteiger partial charge in [0.2, 0.25) is 5.91 Å². The van der Waals surface area contributed by atoms with Crippen LogP contribution in [0.5, 0.6) is 0 Å². The molecular weight excluding hydrogens is 393 g/mol. The number of nitrogens with zero attached hydrogens (tertiary/aromatic N) is 3. The van der Waals surface area contributed by atoms with Crippen molar-refractivity contribution in [3.63, 3.8) is 0 Å². The molecule has 28 heavy (non-hydrogen) atoms. The third kappa shape index (κ3) is 4.10. The summed E-state index contributed by atoms with van der Waals surface area (Å²) >= 11 is 3.35. The molecule has 0 N–H and O–H groups in total. The van der Waals surface area contributed by atoms with E-state index in [0.29, 0.717) is 44.7 Å². The zero-order chi connectivity index (χ0) is 19.5. The first-order chi connectivity index (χ1) is 13.6. The first-order valence-electron chi connectivity index (χ1n) is 9.39. The minimum absolute atomic E-state index is 0.163. The van der Waals surface area contributed by atoms with Crippen molar-refractivity contribution in [3.8, 4) is 10.6 Å². The molecule has 1 amide bonds. The average molecular weight is 416 g/mol. The van der Waals surface area contributed by atoms with Gasteiger partial charge in [-0.25, -0.2) is 9.37 Å². The number of aryl methyl sites for hydroxylation is 2. The molecule has 0 unspecified atom stereocenters. The number of carbonyl (C=O) groups excluding carboxylic acids is 1. The number of rotatable bonds is 5. The number of benzene rings is 1. The Bertz CT molecular complexity index is 946. The van der Waals surface area contributed by atoms with Gasteiger partial charge in [-0.2, -0.15) is 0 Å². The lowest BCUT2D eigenvalue weighted by atomic mass is 10.1. The summed E-state index contributed by atoms with van der Waals surface area (Å²) in [5, 5.41) is 3.08. The molecule has 1 fully saturated rings. The van der Waals surface area contributed by atoms with Crippen LogP contribution < -0.4 is 4.90 Å².